The molecule has 1 atom stereocenters. The molecular formula is C18H24N6. The summed E-state index contributed by atoms with van der Waals surface area (Å²) in [7, 11) is 2.02. The zero-order valence-corrected chi connectivity index (χ0v) is 14.6. The SMILES string of the molecule is CC(C)c1nnc(CN[C@H](C)c2cccc(-n3ccnc3)c2)n1C. The van der Waals surface area contributed by atoms with Gasteiger partial charge in [-0.05, 0) is 24.6 Å². The normalized spacial score (nSPS) is 12.7. The van der Waals surface area contributed by atoms with Crippen molar-refractivity contribution in [3.63, 3.8) is 0 Å². The van der Waals surface area contributed by atoms with Crippen LogP contribution in [0, 0.1) is 0 Å². The number of rotatable bonds is 6. The number of hydrogen-bond acceptors (Lipinski definition) is 4. The van der Waals surface area contributed by atoms with Crippen molar-refractivity contribution in [2.45, 2.75) is 39.3 Å². The Morgan fingerprint density at radius 1 is 1.17 bits per heavy atom. The molecule has 2 heterocycles. The molecule has 0 aliphatic carbocycles. The first-order valence-electron chi connectivity index (χ1n) is 8.26. The predicted octanol–water partition coefficient (Wildman–Crippen LogP) is 2.98. The largest absolute Gasteiger partial charge is 0.317 e. The van der Waals surface area contributed by atoms with Gasteiger partial charge in [0.15, 0.2) is 0 Å². The molecule has 0 saturated heterocycles. The van der Waals surface area contributed by atoms with Crippen LogP contribution >= 0.6 is 0 Å². The quantitative estimate of drug-likeness (QED) is 0.757. The van der Waals surface area contributed by atoms with E-state index in [-0.39, 0.29) is 6.04 Å². The van der Waals surface area contributed by atoms with E-state index in [0.29, 0.717) is 12.5 Å². The highest BCUT2D eigenvalue weighted by molar-refractivity contribution is 5.37. The Labute approximate surface area is 142 Å². The van der Waals surface area contributed by atoms with Gasteiger partial charge >= 0.3 is 0 Å². The summed E-state index contributed by atoms with van der Waals surface area (Å²) in [6.45, 7) is 7.11. The molecule has 6 nitrogen and oxygen atoms in total. The van der Waals surface area contributed by atoms with Crippen molar-refractivity contribution < 1.29 is 0 Å². The van der Waals surface area contributed by atoms with E-state index in [1.807, 2.05) is 24.1 Å². The molecule has 3 aromatic rings. The van der Waals surface area contributed by atoms with Crippen molar-refractivity contribution in [3.05, 3.63) is 60.2 Å². The number of hydrogen-bond donors (Lipinski definition) is 1. The van der Waals surface area contributed by atoms with Crippen LogP contribution in [0.4, 0.5) is 0 Å². The smallest absolute Gasteiger partial charge is 0.146 e. The third kappa shape index (κ3) is 3.38. The lowest BCUT2D eigenvalue weighted by Gasteiger charge is -2.15. The van der Waals surface area contributed by atoms with E-state index >= 15 is 0 Å². The summed E-state index contributed by atoms with van der Waals surface area (Å²) in [4.78, 5) is 4.10. The van der Waals surface area contributed by atoms with Crippen LogP contribution in [0.5, 0.6) is 0 Å². The van der Waals surface area contributed by atoms with Gasteiger partial charge in [-0.15, -0.1) is 10.2 Å². The number of benzene rings is 1. The molecule has 2 aromatic heterocycles. The molecule has 0 aliphatic rings. The van der Waals surface area contributed by atoms with Gasteiger partial charge < -0.3 is 14.5 Å². The lowest BCUT2D eigenvalue weighted by Crippen LogP contribution is -2.20. The summed E-state index contributed by atoms with van der Waals surface area (Å²) in [5.41, 5.74) is 2.34. The molecule has 0 unspecified atom stereocenters. The molecule has 0 radical (unpaired) electrons. The molecule has 126 valence electrons. The molecule has 6 heteroatoms. The van der Waals surface area contributed by atoms with E-state index < -0.39 is 0 Å². The molecule has 3 rings (SSSR count). The summed E-state index contributed by atoms with van der Waals surface area (Å²) in [5.74, 6) is 2.35. The summed E-state index contributed by atoms with van der Waals surface area (Å²) in [6.07, 6.45) is 5.54. The maximum atomic E-state index is 4.30. The Morgan fingerprint density at radius 2 is 2.00 bits per heavy atom. The summed E-state index contributed by atoms with van der Waals surface area (Å²) < 4.78 is 4.08. The first-order valence-corrected chi connectivity index (χ1v) is 8.26. The Balaban J connectivity index is 1.69. The van der Waals surface area contributed by atoms with Gasteiger partial charge in [-0.25, -0.2) is 4.98 Å². The van der Waals surface area contributed by atoms with Crippen molar-refractivity contribution in [1.29, 1.82) is 0 Å². The zero-order valence-electron chi connectivity index (χ0n) is 14.6. The maximum absolute atomic E-state index is 4.30. The van der Waals surface area contributed by atoms with E-state index in [4.69, 9.17) is 0 Å². The first-order chi connectivity index (χ1) is 11.6. The highest BCUT2D eigenvalue weighted by Gasteiger charge is 2.13. The van der Waals surface area contributed by atoms with E-state index in [2.05, 4.69) is 70.1 Å². The second-order valence-electron chi connectivity index (χ2n) is 6.36. The topological polar surface area (TPSA) is 60.6 Å². The van der Waals surface area contributed by atoms with Crippen molar-refractivity contribution in [3.8, 4) is 5.69 Å². The Morgan fingerprint density at radius 3 is 2.67 bits per heavy atom. The minimum Gasteiger partial charge on any atom is -0.317 e. The molecule has 0 fully saturated rings. The van der Waals surface area contributed by atoms with Gasteiger partial charge in [-0.1, -0.05) is 26.0 Å². The average molecular weight is 324 g/mol. The number of nitrogens with zero attached hydrogens (tertiary/aromatic N) is 5. The van der Waals surface area contributed by atoms with E-state index in [9.17, 15) is 0 Å². The highest BCUT2D eigenvalue weighted by atomic mass is 15.3. The number of aromatic nitrogens is 5. The van der Waals surface area contributed by atoms with Crippen molar-refractivity contribution in [2.24, 2.45) is 7.05 Å². The van der Waals surface area contributed by atoms with Crippen LogP contribution in [0.3, 0.4) is 0 Å². The van der Waals surface area contributed by atoms with Gasteiger partial charge in [0.2, 0.25) is 0 Å². The van der Waals surface area contributed by atoms with Crippen LogP contribution in [0.1, 0.15) is 49.9 Å². The van der Waals surface area contributed by atoms with Gasteiger partial charge in [0, 0.05) is 37.1 Å². The Hall–Kier alpha value is -2.47. The second-order valence-corrected chi connectivity index (χ2v) is 6.36. The van der Waals surface area contributed by atoms with E-state index in [0.717, 1.165) is 17.3 Å². The molecule has 1 aromatic carbocycles. The number of nitrogens with one attached hydrogen (secondary N) is 1. The van der Waals surface area contributed by atoms with Crippen LogP contribution in [0.25, 0.3) is 5.69 Å². The Kier molecular flexibility index (Phi) is 4.76. The van der Waals surface area contributed by atoms with Crippen molar-refractivity contribution in [1.82, 2.24) is 29.6 Å². The number of imidazole rings is 1. The third-order valence-corrected chi connectivity index (χ3v) is 4.25. The van der Waals surface area contributed by atoms with Gasteiger partial charge in [-0.3, -0.25) is 0 Å². The van der Waals surface area contributed by atoms with Crippen LogP contribution < -0.4 is 5.32 Å². The molecule has 1 N–H and O–H groups in total. The first kappa shape index (κ1) is 16.4. The minimum absolute atomic E-state index is 0.215. The van der Waals surface area contributed by atoms with Gasteiger partial charge in [0.1, 0.15) is 11.6 Å². The molecule has 24 heavy (non-hydrogen) atoms. The molecule has 0 spiro atoms. The van der Waals surface area contributed by atoms with Crippen LogP contribution in [0.2, 0.25) is 0 Å². The van der Waals surface area contributed by atoms with E-state index in [1.165, 1.54) is 5.56 Å². The molecule has 0 saturated carbocycles. The fourth-order valence-corrected chi connectivity index (χ4v) is 2.76. The van der Waals surface area contributed by atoms with Gasteiger partial charge in [0.05, 0.1) is 12.9 Å². The van der Waals surface area contributed by atoms with Crippen molar-refractivity contribution >= 4 is 0 Å². The van der Waals surface area contributed by atoms with Crippen molar-refractivity contribution in [2.75, 3.05) is 0 Å². The average Bonchev–Trinajstić information content (AvgIpc) is 3.22. The fraction of sp³-hybridized carbons (Fsp3) is 0.389. The summed E-state index contributed by atoms with van der Waals surface area (Å²) in [6, 6.07) is 8.68. The predicted molar refractivity (Wildman–Crippen MR) is 93.9 cm³/mol. The minimum atomic E-state index is 0.215. The second kappa shape index (κ2) is 6.97. The monoisotopic (exact) mass is 324 g/mol. The third-order valence-electron chi connectivity index (χ3n) is 4.25. The zero-order chi connectivity index (χ0) is 17.1. The fourth-order valence-electron chi connectivity index (χ4n) is 2.76. The lowest BCUT2D eigenvalue weighted by atomic mass is 10.1. The molecule has 0 aliphatic heterocycles. The Bertz CT molecular complexity index is 788. The lowest BCUT2D eigenvalue weighted by molar-refractivity contribution is 0.544. The summed E-state index contributed by atoms with van der Waals surface area (Å²) >= 11 is 0. The van der Waals surface area contributed by atoms with Gasteiger partial charge in [0.25, 0.3) is 0 Å². The highest BCUT2D eigenvalue weighted by Crippen LogP contribution is 2.18. The van der Waals surface area contributed by atoms with Crippen LogP contribution in [-0.4, -0.2) is 24.3 Å². The molecule has 0 bridgehead atoms. The van der Waals surface area contributed by atoms with Crippen LogP contribution in [-0.2, 0) is 13.6 Å². The molecule has 0 amide bonds. The van der Waals surface area contributed by atoms with Crippen LogP contribution in [0.15, 0.2) is 43.0 Å². The summed E-state index contributed by atoms with van der Waals surface area (Å²) in [5, 5.41) is 12.1. The van der Waals surface area contributed by atoms with E-state index in [1.54, 1.807) is 6.20 Å². The standard InChI is InChI=1S/C18H24N6/c1-13(2)18-22-21-17(23(18)4)11-20-14(3)15-6-5-7-16(10-15)24-9-8-19-12-24/h5-10,12-14,20H,11H2,1-4H3/t14-/m1/s1. The maximum Gasteiger partial charge on any atom is 0.146 e. The molecular weight excluding hydrogens is 300 g/mol. The van der Waals surface area contributed by atoms with Gasteiger partial charge in [-0.2, -0.15) is 0 Å².